The van der Waals surface area contributed by atoms with Crippen molar-refractivity contribution in [1.82, 2.24) is 15.0 Å². The number of halogens is 5. The van der Waals surface area contributed by atoms with E-state index in [2.05, 4.69) is 15.0 Å². The van der Waals surface area contributed by atoms with Crippen LogP contribution in [0, 0.1) is 0 Å². The molecule has 1 heterocycles. The molecule has 9 heteroatoms. The molecule has 4 nitrogen and oxygen atoms in total. The van der Waals surface area contributed by atoms with Crippen LogP contribution < -0.4 is 4.74 Å². The number of nitrogens with zero attached hydrogens (tertiary/aromatic N) is 3. The Balaban J connectivity index is 1.92. The molecule has 0 unspecified atom stereocenters. The maximum Gasteiger partial charge on any atom is 0.499 e. The van der Waals surface area contributed by atoms with Crippen LogP contribution in [0.15, 0.2) is 42.5 Å². The monoisotopic (exact) mass is 343 g/mol. The summed E-state index contributed by atoms with van der Waals surface area (Å²) < 4.78 is 67.5. The van der Waals surface area contributed by atoms with Crippen LogP contribution in [0.25, 0.3) is 22.2 Å². The minimum atomic E-state index is -5.78. The molecular formula is C15H10F5N3O. The summed E-state index contributed by atoms with van der Waals surface area (Å²) in [6.45, 7) is 0. The number of ether oxygens (including phenoxy) is 1. The second kappa shape index (κ2) is 5.43. The van der Waals surface area contributed by atoms with Gasteiger partial charge in [-0.15, -0.1) is 5.10 Å². The van der Waals surface area contributed by atoms with Crippen LogP contribution in [0.5, 0.6) is 5.75 Å². The molecule has 0 fully saturated rings. The SMILES string of the molecule is Cn1nnc2c(-c3ccc(OC(F)(F)C(F)(F)F)cc3)cccc21. The maximum absolute atomic E-state index is 12.9. The molecule has 3 aromatic rings. The number of benzene rings is 2. The Morgan fingerprint density at radius 3 is 2.25 bits per heavy atom. The predicted octanol–water partition coefficient (Wildman–Crippen LogP) is 4.17. The lowest BCUT2D eigenvalue weighted by Crippen LogP contribution is -2.41. The van der Waals surface area contributed by atoms with Crippen molar-refractivity contribution in [2.24, 2.45) is 7.05 Å². The molecular weight excluding hydrogens is 333 g/mol. The van der Waals surface area contributed by atoms with E-state index in [1.54, 1.807) is 29.9 Å². The zero-order valence-electron chi connectivity index (χ0n) is 12.2. The summed E-state index contributed by atoms with van der Waals surface area (Å²) >= 11 is 0. The van der Waals surface area contributed by atoms with Gasteiger partial charge in [-0.1, -0.05) is 29.5 Å². The average Bonchev–Trinajstić information content (AvgIpc) is 2.88. The van der Waals surface area contributed by atoms with E-state index in [1.165, 1.54) is 12.1 Å². The molecule has 0 saturated heterocycles. The van der Waals surface area contributed by atoms with Gasteiger partial charge in [-0.3, -0.25) is 0 Å². The summed E-state index contributed by atoms with van der Waals surface area (Å²) in [5.41, 5.74) is 2.62. The van der Waals surface area contributed by atoms with Gasteiger partial charge in [-0.2, -0.15) is 22.0 Å². The Hall–Kier alpha value is -2.71. The number of aryl methyl sites for hydroxylation is 1. The molecule has 0 aliphatic rings. The summed E-state index contributed by atoms with van der Waals surface area (Å²) in [6.07, 6.45) is -11.0. The number of aromatic nitrogens is 3. The van der Waals surface area contributed by atoms with Crippen LogP contribution >= 0.6 is 0 Å². The second-order valence-electron chi connectivity index (χ2n) is 5.03. The predicted molar refractivity (Wildman–Crippen MR) is 75.6 cm³/mol. The van der Waals surface area contributed by atoms with Crippen LogP contribution in [0.4, 0.5) is 22.0 Å². The van der Waals surface area contributed by atoms with E-state index in [4.69, 9.17) is 0 Å². The van der Waals surface area contributed by atoms with Crippen LogP contribution in [-0.2, 0) is 7.05 Å². The molecule has 0 aliphatic carbocycles. The first-order valence-corrected chi connectivity index (χ1v) is 6.71. The van der Waals surface area contributed by atoms with Gasteiger partial charge in [-0.25, -0.2) is 4.68 Å². The number of hydrogen-bond acceptors (Lipinski definition) is 3. The fraction of sp³-hybridized carbons (Fsp3) is 0.200. The lowest BCUT2D eigenvalue weighted by molar-refractivity contribution is -0.360. The Kier molecular flexibility index (Phi) is 3.66. The number of fused-ring (bicyclic) bond motifs is 1. The standard InChI is InChI=1S/C15H10F5N3O/c1-23-12-4-2-3-11(13(12)21-22-23)9-5-7-10(8-6-9)24-15(19,20)14(16,17)18/h2-8H,1H3. The lowest BCUT2D eigenvalue weighted by Gasteiger charge is -2.20. The van der Waals surface area contributed by atoms with E-state index in [-0.39, 0.29) is 0 Å². The number of hydrogen-bond donors (Lipinski definition) is 0. The van der Waals surface area contributed by atoms with Crippen LogP contribution in [-0.4, -0.2) is 27.3 Å². The molecule has 2 aromatic carbocycles. The highest BCUT2D eigenvalue weighted by atomic mass is 19.4. The van der Waals surface area contributed by atoms with E-state index >= 15 is 0 Å². The fourth-order valence-corrected chi connectivity index (χ4v) is 2.20. The summed E-state index contributed by atoms with van der Waals surface area (Å²) in [4.78, 5) is 0. The van der Waals surface area contributed by atoms with Crippen molar-refractivity contribution in [3.8, 4) is 16.9 Å². The molecule has 24 heavy (non-hydrogen) atoms. The van der Waals surface area contributed by atoms with Gasteiger partial charge in [0.2, 0.25) is 0 Å². The minimum Gasteiger partial charge on any atom is -0.426 e. The van der Waals surface area contributed by atoms with Crippen molar-refractivity contribution in [1.29, 1.82) is 0 Å². The summed E-state index contributed by atoms with van der Waals surface area (Å²) in [5, 5.41) is 7.91. The van der Waals surface area contributed by atoms with Crippen molar-refractivity contribution >= 4 is 11.0 Å². The molecule has 3 rings (SSSR count). The Labute approximate surface area is 132 Å². The third kappa shape index (κ3) is 2.77. The van der Waals surface area contributed by atoms with Gasteiger partial charge < -0.3 is 4.74 Å². The van der Waals surface area contributed by atoms with Crippen molar-refractivity contribution in [3.63, 3.8) is 0 Å². The molecule has 0 spiro atoms. The first-order valence-electron chi connectivity index (χ1n) is 6.71. The highest BCUT2D eigenvalue weighted by Gasteiger charge is 2.61. The van der Waals surface area contributed by atoms with Gasteiger partial charge in [0, 0.05) is 12.6 Å². The van der Waals surface area contributed by atoms with Crippen LogP contribution in [0.2, 0.25) is 0 Å². The third-order valence-corrected chi connectivity index (χ3v) is 3.38. The molecule has 0 amide bonds. The molecule has 0 saturated carbocycles. The summed E-state index contributed by atoms with van der Waals surface area (Å²) in [5.74, 6) is -0.590. The highest BCUT2D eigenvalue weighted by Crippen LogP contribution is 2.38. The van der Waals surface area contributed by atoms with Gasteiger partial charge in [0.1, 0.15) is 11.3 Å². The van der Waals surface area contributed by atoms with Gasteiger partial charge in [-0.05, 0) is 23.8 Å². The Morgan fingerprint density at radius 2 is 1.62 bits per heavy atom. The molecule has 0 aliphatic heterocycles. The van der Waals surface area contributed by atoms with Crippen molar-refractivity contribution < 1.29 is 26.7 Å². The largest absolute Gasteiger partial charge is 0.499 e. The van der Waals surface area contributed by atoms with Gasteiger partial charge >= 0.3 is 12.3 Å². The first kappa shape index (κ1) is 16.2. The average molecular weight is 343 g/mol. The summed E-state index contributed by atoms with van der Waals surface area (Å²) in [7, 11) is 1.72. The van der Waals surface area contributed by atoms with Gasteiger partial charge in [0.15, 0.2) is 0 Å². The second-order valence-corrected chi connectivity index (χ2v) is 5.03. The Morgan fingerprint density at radius 1 is 0.958 bits per heavy atom. The molecule has 1 aromatic heterocycles. The smallest absolute Gasteiger partial charge is 0.426 e. The third-order valence-electron chi connectivity index (χ3n) is 3.38. The van der Waals surface area contributed by atoms with Gasteiger partial charge in [0.25, 0.3) is 0 Å². The van der Waals surface area contributed by atoms with Crippen molar-refractivity contribution in [2.75, 3.05) is 0 Å². The highest BCUT2D eigenvalue weighted by molar-refractivity contribution is 5.91. The lowest BCUT2D eigenvalue weighted by atomic mass is 10.0. The summed E-state index contributed by atoms with van der Waals surface area (Å²) in [6, 6.07) is 10.2. The van der Waals surface area contributed by atoms with Crippen molar-refractivity contribution in [2.45, 2.75) is 12.3 Å². The van der Waals surface area contributed by atoms with Crippen LogP contribution in [0.3, 0.4) is 0 Å². The maximum atomic E-state index is 12.9. The zero-order chi connectivity index (χ0) is 17.5. The minimum absolute atomic E-state index is 0.587. The van der Waals surface area contributed by atoms with Crippen molar-refractivity contribution in [3.05, 3.63) is 42.5 Å². The Bertz CT molecular complexity index is 871. The normalized spacial score (nSPS) is 12.6. The number of alkyl halides is 5. The fourth-order valence-electron chi connectivity index (χ4n) is 2.20. The van der Waals surface area contributed by atoms with E-state index in [9.17, 15) is 22.0 Å². The first-order chi connectivity index (χ1) is 11.2. The van der Waals surface area contributed by atoms with Crippen LogP contribution in [0.1, 0.15) is 0 Å². The van der Waals surface area contributed by atoms with E-state index in [1.807, 2.05) is 0 Å². The molecule has 0 radical (unpaired) electrons. The molecule has 0 N–H and O–H groups in total. The molecule has 0 atom stereocenters. The van der Waals surface area contributed by atoms with E-state index in [0.29, 0.717) is 16.6 Å². The zero-order valence-corrected chi connectivity index (χ0v) is 12.2. The molecule has 0 bridgehead atoms. The van der Waals surface area contributed by atoms with E-state index < -0.39 is 18.0 Å². The quantitative estimate of drug-likeness (QED) is 0.670. The topological polar surface area (TPSA) is 39.9 Å². The number of rotatable bonds is 3. The van der Waals surface area contributed by atoms with E-state index in [0.717, 1.165) is 17.6 Å². The molecule has 126 valence electrons. The van der Waals surface area contributed by atoms with Gasteiger partial charge in [0.05, 0.1) is 5.52 Å².